The Hall–Kier alpha value is -1.06. The maximum atomic E-state index is 10.7. The highest BCUT2D eigenvalue weighted by Gasteiger charge is 2.27. The number of rotatable bonds is 6. The van der Waals surface area contributed by atoms with E-state index in [0.717, 1.165) is 12.8 Å². The van der Waals surface area contributed by atoms with Gasteiger partial charge in [-0.25, -0.2) is 9.59 Å². The van der Waals surface area contributed by atoms with Gasteiger partial charge >= 0.3 is 11.9 Å². The highest BCUT2D eigenvalue weighted by atomic mass is 16.6. The normalized spacial score (nSPS) is 12.3. The summed E-state index contributed by atoms with van der Waals surface area (Å²) < 4.78 is 4.65. The molecule has 4 nitrogen and oxygen atoms in total. The summed E-state index contributed by atoms with van der Waals surface area (Å²) in [4.78, 5) is 21.0. The molecule has 0 aliphatic carbocycles. The summed E-state index contributed by atoms with van der Waals surface area (Å²) in [5, 5.41) is 8.36. The first-order chi connectivity index (χ1) is 7.59. The molecule has 1 N–H and O–H groups in total. The molecule has 0 amide bonds. The number of carboxylic acids is 1. The molecule has 0 aliphatic rings. The van der Waals surface area contributed by atoms with E-state index >= 15 is 0 Å². The van der Waals surface area contributed by atoms with Crippen molar-refractivity contribution in [2.45, 2.75) is 53.9 Å². The van der Waals surface area contributed by atoms with Crippen LogP contribution in [0.25, 0.3) is 0 Å². The largest absolute Gasteiger partial charge is 0.473 e. The van der Waals surface area contributed by atoms with E-state index in [2.05, 4.69) is 39.4 Å². The van der Waals surface area contributed by atoms with Gasteiger partial charge in [-0.3, -0.25) is 0 Å². The molecule has 0 atom stereocenters. The Labute approximate surface area is 103 Å². The minimum absolute atomic E-state index is 0.0400. The molecular formula is C13H24O4. The Balaban J connectivity index is 4.10. The number of aliphatic carboxylic acids is 1. The topological polar surface area (TPSA) is 63.6 Å². The number of hydrogen-bond acceptors (Lipinski definition) is 3. The molecule has 4 heteroatoms. The number of hydrogen-bond donors (Lipinski definition) is 1. The molecule has 0 saturated heterocycles. The first-order valence-electron chi connectivity index (χ1n) is 6.00. The van der Waals surface area contributed by atoms with Crippen molar-refractivity contribution in [3.63, 3.8) is 0 Å². The molecule has 0 bridgehead atoms. The van der Waals surface area contributed by atoms with Gasteiger partial charge in [-0.15, -0.1) is 0 Å². The minimum Gasteiger partial charge on any atom is -0.473 e. The molecule has 0 aromatic rings. The zero-order chi connectivity index (χ0) is 13.7. The first kappa shape index (κ1) is 15.9. The Bertz CT molecular complexity index is 279. The number of ether oxygens (including phenoxy) is 1. The van der Waals surface area contributed by atoms with E-state index in [0.29, 0.717) is 6.42 Å². The quantitative estimate of drug-likeness (QED) is 0.576. The lowest BCUT2D eigenvalue weighted by Gasteiger charge is -2.34. The molecule has 0 radical (unpaired) electrons. The minimum atomic E-state index is -1.53. The molecule has 0 rings (SSSR count). The van der Waals surface area contributed by atoms with Crippen LogP contribution in [0.15, 0.2) is 0 Å². The van der Waals surface area contributed by atoms with E-state index in [1.165, 1.54) is 0 Å². The average Bonchev–Trinajstić information content (AvgIpc) is 2.15. The molecule has 0 spiro atoms. The highest BCUT2D eigenvalue weighted by Crippen LogP contribution is 2.37. The molecule has 0 fully saturated rings. The fraction of sp³-hybridized carbons (Fsp3) is 0.846. The second kappa shape index (κ2) is 6.03. The van der Waals surface area contributed by atoms with Crippen molar-refractivity contribution in [1.29, 1.82) is 0 Å². The van der Waals surface area contributed by atoms with E-state index in [-0.39, 0.29) is 17.4 Å². The van der Waals surface area contributed by atoms with Crippen LogP contribution in [0.5, 0.6) is 0 Å². The summed E-state index contributed by atoms with van der Waals surface area (Å²) in [7, 11) is 0. The van der Waals surface area contributed by atoms with Gasteiger partial charge in [-0.2, -0.15) is 0 Å². The van der Waals surface area contributed by atoms with Gasteiger partial charge in [0.2, 0.25) is 0 Å². The van der Waals surface area contributed by atoms with E-state index in [1.807, 2.05) is 0 Å². The van der Waals surface area contributed by atoms with Crippen LogP contribution in [0.4, 0.5) is 0 Å². The molecule has 0 heterocycles. The van der Waals surface area contributed by atoms with Gasteiger partial charge in [0.1, 0.15) is 0 Å². The fourth-order valence-electron chi connectivity index (χ4n) is 1.99. The third-order valence-corrected chi connectivity index (χ3v) is 3.10. The molecule has 17 heavy (non-hydrogen) atoms. The third kappa shape index (κ3) is 6.97. The molecule has 100 valence electrons. The average molecular weight is 244 g/mol. The summed E-state index contributed by atoms with van der Waals surface area (Å²) in [5.74, 6) is -2.70. The zero-order valence-corrected chi connectivity index (χ0v) is 11.5. The van der Waals surface area contributed by atoms with Crippen molar-refractivity contribution in [2.24, 2.45) is 10.8 Å². The van der Waals surface area contributed by atoms with Crippen LogP contribution in [0, 0.1) is 10.8 Å². The zero-order valence-electron chi connectivity index (χ0n) is 11.5. The first-order valence-corrected chi connectivity index (χ1v) is 6.00. The van der Waals surface area contributed by atoms with Crippen LogP contribution >= 0.6 is 0 Å². The maximum absolute atomic E-state index is 10.7. The summed E-state index contributed by atoms with van der Waals surface area (Å²) in [5.41, 5.74) is 0.290. The lowest BCUT2D eigenvalue weighted by molar-refractivity contribution is -0.164. The van der Waals surface area contributed by atoms with Gasteiger partial charge in [-0.1, -0.05) is 41.0 Å². The van der Waals surface area contributed by atoms with Crippen LogP contribution < -0.4 is 0 Å². The maximum Gasteiger partial charge on any atom is 0.417 e. The SMILES string of the molecule is CCC(C)(C)CC(C)(C)CCOC(=O)C(=O)O. The Morgan fingerprint density at radius 2 is 1.65 bits per heavy atom. The predicted octanol–water partition coefficient (Wildman–Crippen LogP) is 2.86. The monoisotopic (exact) mass is 244 g/mol. The van der Waals surface area contributed by atoms with Gasteiger partial charge in [0, 0.05) is 0 Å². The lowest BCUT2D eigenvalue weighted by atomic mass is 9.72. The van der Waals surface area contributed by atoms with Gasteiger partial charge in [-0.05, 0) is 23.7 Å². The summed E-state index contributed by atoms with van der Waals surface area (Å²) in [6, 6.07) is 0. The van der Waals surface area contributed by atoms with E-state index < -0.39 is 11.9 Å². The van der Waals surface area contributed by atoms with Crippen molar-refractivity contribution in [1.82, 2.24) is 0 Å². The highest BCUT2D eigenvalue weighted by molar-refractivity contribution is 6.28. The van der Waals surface area contributed by atoms with Gasteiger partial charge < -0.3 is 9.84 Å². The molecule has 0 unspecified atom stereocenters. The van der Waals surface area contributed by atoms with Gasteiger partial charge in [0.25, 0.3) is 0 Å². The molecule has 0 aromatic carbocycles. The predicted molar refractivity (Wildman–Crippen MR) is 65.7 cm³/mol. The smallest absolute Gasteiger partial charge is 0.417 e. The molecule has 0 aromatic heterocycles. The number of carbonyl (C=O) groups excluding carboxylic acids is 1. The third-order valence-electron chi connectivity index (χ3n) is 3.10. The van der Waals surface area contributed by atoms with Crippen LogP contribution in [0.3, 0.4) is 0 Å². The van der Waals surface area contributed by atoms with Crippen LogP contribution in [0.1, 0.15) is 53.9 Å². The van der Waals surface area contributed by atoms with E-state index in [9.17, 15) is 9.59 Å². The van der Waals surface area contributed by atoms with Crippen molar-refractivity contribution in [3.8, 4) is 0 Å². The van der Waals surface area contributed by atoms with E-state index in [1.54, 1.807) is 0 Å². The number of esters is 1. The Morgan fingerprint density at radius 3 is 2.06 bits per heavy atom. The second-order valence-electron chi connectivity index (χ2n) is 6.05. The lowest BCUT2D eigenvalue weighted by Crippen LogP contribution is -2.25. The van der Waals surface area contributed by atoms with Crippen molar-refractivity contribution in [2.75, 3.05) is 6.61 Å². The second-order valence-corrected chi connectivity index (χ2v) is 6.05. The molecule has 0 aliphatic heterocycles. The van der Waals surface area contributed by atoms with Crippen molar-refractivity contribution < 1.29 is 19.4 Å². The van der Waals surface area contributed by atoms with Crippen LogP contribution in [-0.4, -0.2) is 23.7 Å². The van der Waals surface area contributed by atoms with Crippen molar-refractivity contribution >= 4 is 11.9 Å². The van der Waals surface area contributed by atoms with E-state index in [4.69, 9.17) is 5.11 Å². The molecule has 0 saturated carbocycles. The van der Waals surface area contributed by atoms with Crippen LogP contribution in [-0.2, 0) is 14.3 Å². The van der Waals surface area contributed by atoms with Gasteiger partial charge in [0.15, 0.2) is 0 Å². The van der Waals surface area contributed by atoms with Gasteiger partial charge in [0.05, 0.1) is 6.61 Å². The Morgan fingerprint density at radius 1 is 1.12 bits per heavy atom. The van der Waals surface area contributed by atoms with Crippen LogP contribution in [0.2, 0.25) is 0 Å². The molecular weight excluding hydrogens is 220 g/mol. The Kier molecular flexibility index (Phi) is 5.66. The number of carbonyl (C=O) groups is 2. The van der Waals surface area contributed by atoms with Crippen molar-refractivity contribution in [3.05, 3.63) is 0 Å². The summed E-state index contributed by atoms with van der Waals surface area (Å²) in [6.07, 6.45) is 2.78. The standard InChI is InChI=1S/C13H24O4/c1-6-12(2,3)9-13(4,5)7-8-17-11(16)10(14)15/h6-9H2,1-5H3,(H,14,15). The summed E-state index contributed by atoms with van der Waals surface area (Å²) in [6.45, 7) is 11.0. The summed E-state index contributed by atoms with van der Waals surface area (Å²) >= 11 is 0. The fourth-order valence-corrected chi connectivity index (χ4v) is 1.99. The number of carboxylic acid groups (broad SMARTS) is 1.